The Labute approximate surface area is 126 Å². The van der Waals surface area contributed by atoms with Crippen LogP contribution in [0.5, 0.6) is 5.75 Å². The van der Waals surface area contributed by atoms with Gasteiger partial charge in [0.2, 0.25) is 0 Å². The number of amides is 1. The van der Waals surface area contributed by atoms with Gasteiger partial charge in [0.25, 0.3) is 5.91 Å². The van der Waals surface area contributed by atoms with Crippen LogP contribution in [0.1, 0.15) is 16.8 Å². The van der Waals surface area contributed by atoms with E-state index in [0.29, 0.717) is 17.9 Å². The van der Waals surface area contributed by atoms with E-state index in [4.69, 9.17) is 4.74 Å². The maximum Gasteiger partial charge on any atom is 0.257 e. The third-order valence-electron chi connectivity index (χ3n) is 3.82. The Morgan fingerprint density at radius 2 is 2.10 bits per heavy atom. The van der Waals surface area contributed by atoms with Crippen molar-refractivity contribution in [3.8, 4) is 5.75 Å². The van der Waals surface area contributed by atoms with Crippen molar-refractivity contribution >= 4 is 5.91 Å². The largest absolute Gasteiger partial charge is 0.491 e. The highest BCUT2D eigenvalue weighted by Crippen LogP contribution is 2.21. The molecular weight excluding hydrogens is 266 g/mol. The molecule has 116 valence electrons. The second-order valence-corrected chi connectivity index (χ2v) is 5.71. The van der Waals surface area contributed by atoms with Gasteiger partial charge in [-0.1, -0.05) is 12.1 Å². The normalized spacial score (nSPS) is 18.0. The van der Waals surface area contributed by atoms with Gasteiger partial charge in [0.1, 0.15) is 12.4 Å². The van der Waals surface area contributed by atoms with Crippen LogP contribution in [0.2, 0.25) is 0 Å². The third kappa shape index (κ3) is 4.19. The molecule has 1 aliphatic heterocycles. The summed E-state index contributed by atoms with van der Waals surface area (Å²) in [5, 5.41) is 3.29. The molecule has 1 N–H and O–H groups in total. The van der Waals surface area contributed by atoms with Gasteiger partial charge >= 0.3 is 0 Å². The van der Waals surface area contributed by atoms with Gasteiger partial charge in [-0.2, -0.15) is 0 Å². The van der Waals surface area contributed by atoms with Gasteiger partial charge in [0.15, 0.2) is 0 Å². The summed E-state index contributed by atoms with van der Waals surface area (Å²) < 4.78 is 5.78. The average Bonchev–Trinajstić information content (AvgIpc) is 3.00. The highest BCUT2D eigenvalue weighted by atomic mass is 16.5. The first-order valence-electron chi connectivity index (χ1n) is 7.44. The fourth-order valence-electron chi connectivity index (χ4n) is 2.43. The van der Waals surface area contributed by atoms with Gasteiger partial charge in [-0.3, -0.25) is 4.79 Å². The molecular formula is C16H25N3O2. The van der Waals surface area contributed by atoms with Crippen LogP contribution in [0.15, 0.2) is 24.3 Å². The smallest absolute Gasteiger partial charge is 0.257 e. The van der Waals surface area contributed by atoms with Crippen LogP contribution in [0.3, 0.4) is 0 Å². The lowest BCUT2D eigenvalue weighted by atomic mass is 10.1. The number of nitrogens with one attached hydrogen (secondary N) is 1. The second kappa shape index (κ2) is 7.43. The van der Waals surface area contributed by atoms with Crippen molar-refractivity contribution in [3.05, 3.63) is 29.8 Å². The number of likely N-dealkylation sites (N-methyl/N-ethyl adjacent to an activating group) is 2. The minimum absolute atomic E-state index is 0.0316. The molecule has 5 nitrogen and oxygen atoms in total. The molecule has 5 heteroatoms. The van der Waals surface area contributed by atoms with Crippen LogP contribution in [-0.4, -0.2) is 69.1 Å². The average molecular weight is 291 g/mol. The molecule has 1 aromatic rings. The monoisotopic (exact) mass is 291 g/mol. The number of ether oxygens (including phenoxy) is 1. The van der Waals surface area contributed by atoms with Crippen molar-refractivity contribution in [2.24, 2.45) is 0 Å². The second-order valence-electron chi connectivity index (χ2n) is 5.71. The molecule has 21 heavy (non-hydrogen) atoms. The number of hydrogen-bond acceptors (Lipinski definition) is 4. The maximum absolute atomic E-state index is 12.7. The Hall–Kier alpha value is -1.59. The molecule has 2 rings (SSSR count). The van der Waals surface area contributed by atoms with E-state index >= 15 is 0 Å². The molecule has 1 aromatic carbocycles. The third-order valence-corrected chi connectivity index (χ3v) is 3.82. The molecule has 0 aromatic heterocycles. The highest BCUT2D eigenvalue weighted by molar-refractivity contribution is 5.97. The SMILES string of the molecule is CN(C)CCOc1ccccc1C(=O)N(C)[C@H]1CCNC1. The maximum atomic E-state index is 12.7. The number of rotatable bonds is 6. The summed E-state index contributed by atoms with van der Waals surface area (Å²) in [6.45, 7) is 3.24. The van der Waals surface area contributed by atoms with Crippen molar-refractivity contribution < 1.29 is 9.53 Å². The molecule has 1 saturated heterocycles. The first-order valence-corrected chi connectivity index (χ1v) is 7.44. The van der Waals surface area contributed by atoms with Crippen LogP contribution >= 0.6 is 0 Å². The molecule has 0 unspecified atom stereocenters. The Morgan fingerprint density at radius 3 is 2.76 bits per heavy atom. The number of nitrogens with zero attached hydrogens (tertiary/aromatic N) is 2. The lowest BCUT2D eigenvalue weighted by Crippen LogP contribution is -2.38. The molecule has 0 saturated carbocycles. The zero-order chi connectivity index (χ0) is 15.2. The summed E-state index contributed by atoms with van der Waals surface area (Å²) in [7, 11) is 5.87. The van der Waals surface area contributed by atoms with E-state index in [2.05, 4.69) is 10.2 Å². The van der Waals surface area contributed by atoms with Gasteiger partial charge in [0.05, 0.1) is 5.56 Å². The molecule has 1 heterocycles. The number of benzene rings is 1. The van der Waals surface area contributed by atoms with Gasteiger partial charge in [-0.15, -0.1) is 0 Å². The minimum Gasteiger partial charge on any atom is -0.491 e. The van der Waals surface area contributed by atoms with Crippen molar-refractivity contribution in [3.63, 3.8) is 0 Å². The molecule has 0 radical (unpaired) electrons. The van der Waals surface area contributed by atoms with Crippen LogP contribution in [0.25, 0.3) is 0 Å². The van der Waals surface area contributed by atoms with E-state index in [-0.39, 0.29) is 11.9 Å². The Balaban J connectivity index is 2.05. The first-order chi connectivity index (χ1) is 10.1. The van der Waals surface area contributed by atoms with E-state index in [1.165, 1.54) is 0 Å². The first kappa shape index (κ1) is 15.8. The van der Waals surface area contributed by atoms with Crippen molar-refractivity contribution in [1.82, 2.24) is 15.1 Å². The fraction of sp³-hybridized carbons (Fsp3) is 0.562. The summed E-state index contributed by atoms with van der Waals surface area (Å²) in [5.41, 5.74) is 0.644. The zero-order valence-electron chi connectivity index (χ0n) is 13.1. The quantitative estimate of drug-likeness (QED) is 0.851. The number of para-hydroxylation sites is 1. The van der Waals surface area contributed by atoms with Crippen molar-refractivity contribution in [2.75, 3.05) is 47.4 Å². The van der Waals surface area contributed by atoms with Crippen LogP contribution in [-0.2, 0) is 0 Å². The van der Waals surface area contributed by atoms with E-state index < -0.39 is 0 Å². The van der Waals surface area contributed by atoms with Gasteiger partial charge in [0, 0.05) is 26.2 Å². The molecule has 0 bridgehead atoms. The Kier molecular flexibility index (Phi) is 5.59. The van der Waals surface area contributed by atoms with Crippen LogP contribution in [0.4, 0.5) is 0 Å². The summed E-state index contributed by atoms with van der Waals surface area (Å²) in [6, 6.07) is 7.76. The van der Waals surface area contributed by atoms with Gasteiger partial charge < -0.3 is 19.9 Å². The van der Waals surface area contributed by atoms with E-state index in [0.717, 1.165) is 26.1 Å². The van der Waals surface area contributed by atoms with E-state index in [1.54, 1.807) is 0 Å². The lowest BCUT2D eigenvalue weighted by molar-refractivity contribution is 0.0739. The number of carbonyl (C=O) groups is 1. The summed E-state index contributed by atoms with van der Waals surface area (Å²) >= 11 is 0. The van der Waals surface area contributed by atoms with E-state index in [1.807, 2.05) is 50.3 Å². The summed E-state index contributed by atoms with van der Waals surface area (Å²) in [6.07, 6.45) is 1.01. The highest BCUT2D eigenvalue weighted by Gasteiger charge is 2.25. The van der Waals surface area contributed by atoms with Crippen LogP contribution < -0.4 is 10.1 Å². The van der Waals surface area contributed by atoms with Crippen LogP contribution in [0, 0.1) is 0 Å². The fourth-order valence-corrected chi connectivity index (χ4v) is 2.43. The molecule has 0 spiro atoms. The molecule has 1 amide bonds. The minimum atomic E-state index is 0.0316. The van der Waals surface area contributed by atoms with Gasteiger partial charge in [-0.25, -0.2) is 0 Å². The Morgan fingerprint density at radius 1 is 1.33 bits per heavy atom. The van der Waals surface area contributed by atoms with Crippen molar-refractivity contribution in [1.29, 1.82) is 0 Å². The molecule has 0 aliphatic carbocycles. The topological polar surface area (TPSA) is 44.8 Å². The zero-order valence-corrected chi connectivity index (χ0v) is 13.1. The summed E-state index contributed by atoms with van der Waals surface area (Å²) in [5.74, 6) is 0.700. The standard InChI is InChI=1S/C16H25N3O2/c1-18(2)10-11-21-15-7-5-4-6-14(15)16(20)19(3)13-8-9-17-12-13/h4-7,13,17H,8-12H2,1-3H3/t13-/m0/s1. The molecule has 1 aliphatic rings. The lowest BCUT2D eigenvalue weighted by Gasteiger charge is -2.25. The molecule has 1 atom stereocenters. The Bertz CT molecular complexity index is 470. The predicted octanol–water partition coefficient (Wildman–Crippen LogP) is 1.06. The number of carbonyl (C=O) groups excluding carboxylic acids is 1. The van der Waals surface area contributed by atoms with Gasteiger partial charge in [-0.05, 0) is 39.2 Å². The predicted molar refractivity (Wildman–Crippen MR) is 83.9 cm³/mol. The van der Waals surface area contributed by atoms with Crippen molar-refractivity contribution in [2.45, 2.75) is 12.5 Å². The number of hydrogen-bond donors (Lipinski definition) is 1. The van der Waals surface area contributed by atoms with E-state index in [9.17, 15) is 4.79 Å². The molecule has 1 fully saturated rings. The summed E-state index contributed by atoms with van der Waals surface area (Å²) in [4.78, 5) is 16.5.